The second kappa shape index (κ2) is 36.7. The van der Waals surface area contributed by atoms with Crippen molar-refractivity contribution in [2.24, 2.45) is 23.7 Å². The monoisotopic (exact) mass is 1060 g/mol. The third-order valence-electron chi connectivity index (χ3n) is 16.7. The van der Waals surface area contributed by atoms with E-state index in [1.807, 2.05) is 36.4 Å². The molecular weight excluding hydrogens is 961 g/mol. The molecule has 2 aliphatic carbocycles. The summed E-state index contributed by atoms with van der Waals surface area (Å²) in [5, 5.41) is 0. The fourth-order valence-corrected chi connectivity index (χ4v) is 11.6. The third-order valence-corrected chi connectivity index (χ3v) is 16.7. The van der Waals surface area contributed by atoms with Crippen LogP contribution in [0.5, 0.6) is 23.0 Å². The zero-order valence-corrected chi connectivity index (χ0v) is 48.9. The van der Waals surface area contributed by atoms with Crippen molar-refractivity contribution in [3.8, 4) is 46.7 Å². The summed E-state index contributed by atoms with van der Waals surface area (Å²) in [7, 11) is 0. The average molecular weight is 1060 g/mol. The first-order valence-electron chi connectivity index (χ1n) is 31.5. The maximum Gasteiger partial charge on any atom is 0.343 e. The van der Waals surface area contributed by atoms with Crippen molar-refractivity contribution in [3.63, 3.8) is 0 Å². The zero-order chi connectivity index (χ0) is 54.8. The van der Waals surface area contributed by atoms with Crippen LogP contribution < -0.4 is 18.9 Å². The number of carbonyl (C=O) groups is 2. The number of unbranched alkanes of at least 4 members (excludes halogenated alkanes) is 14. The number of rotatable bonds is 34. The predicted molar refractivity (Wildman–Crippen MR) is 323 cm³/mol. The Labute approximate surface area is 473 Å². The first-order valence-corrected chi connectivity index (χ1v) is 31.5. The third kappa shape index (κ3) is 23.1. The van der Waals surface area contributed by atoms with E-state index in [0.717, 1.165) is 86.5 Å². The molecule has 0 unspecified atom stereocenters. The van der Waals surface area contributed by atoms with Gasteiger partial charge in [0.15, 0.2) is 0 Å². The van der Waals surface area contributed by atoms with E-state index in [2.05, 4.69) is 75.6 Å². The number of ether oxygens (including phenoxy) is 4. The Hall–Kier alpha value is -5.46. The summed E-state index contributed by atoms with van der Waals surface area (Å²) in [6, 6.07) is 26.5. The van der Waals surface area contributed by atoms with Gasteiger partial charge in [-0.05, 0) is 170 Å². The fraction of sp³-hybridized carbons (Fsp3) is 0.583. The van der Waals surface area contributed by atoms with E-state index >= 15 is 0 Å². The van der Waals surface area contributed by atoms with Crippen molar-refractivity contribution in [2.45, 2.75) is 233 Å². The standard InChI is InChI=1S/C72H98O6/c1-5-9-13-15-17-23-53-75-67-47-43-63(44-48-67)71(73)77-69-51-41-61(39-37-59-33-29-57(30-34-59)25-19-11-7-3)55-65(69)27-21-22-28-66-56-62(40-38-60-35-31-58(32-36-60)26-20-12-8-4)42-52-70(66)78-72(74)64-45-49-68(50-46-64)76-54-24-18-16-14-10-6-2/h41-52,55-60H,5-20,23-26,29-40,53-54H2,1-4H3. The summed E-state index contributed by atoms with van der Waals surface area (Å²) >= 11 is 0. The highest BCUT2D eigenvalue weighted by molar-refractivity contribution is 5.92. The second-order valence-corrected chi connectivity index (χ2v) is 23.1. The van der Waals surface area contributed by atoms with Crippen molar-refractivity contribution < 1.29 is 28.5 Å². The lowest BCUT2D eigenvalue weighted by Crippen LogP contribution is -2.15. The van der Waals surface area contributed by atoms with Gasteiger partial charge in [0, 0.05) is 0 Å². The Balaban J connectivity index is 1.17. The number of hydrogen-bond donors (Lipinski definition) is 0. The molecule has 0 aliphatic heterocycles. The van der Waals surface area contributed by atoms with Crippen molar-refractivity contribution >= 4 is 11.9 Å². The van der Waals surface area contributed by atoms with Gasteiger partial charge in [0.05, 0.1) is 35.5 Å². The van der Waals surface area contributed by atoms with Crippen LogP contribution in [0, 0.1) is 47.4 Å². The van der Waals surface area contributed by atoms with Crippen LogP contribution in [0.2, 0.25) is 0 Å². The summed E-state index contributed by atoms with van der Waals surface area (Å²) in [6.45, 7) is 10.4. The maximum absolute atomic E-state index is 13.7. The molecule has 0 amide bonds. The minimum absolute atomic E-state index is 0.402. The topological polar surface area (TPSA) is 71.1 Å². The number of hydrogen-bond acceptors (Lipinski definition) is 6. The van der Waals surface area contributed by atoms with E-state index in [1.54, 1.807) is 24.3 Å². The molecule has 2 aliphatic rings. The largest absolute Gasteiger partial charge is 0.494 e. The lowest BCUT2D eigenvalue weighted by Gasteiger charge is -2.28. The SMILES string of the molecule is CCCCCCCCOc1ccc(C(=O)Oc2ccc(CCC3CCC(CCCCC)CC3)cc2C#CC#Cc2cc(CCC3CCC(CCCCC)CC3)ccc2OC(=O)c2ccc(OCCCCCCCC)cc2)cc1. The smallest absolute Gasteiger partial charge is 0.343 e. The molecule has 0 spiro atoms. The molecule has 0 bridgehead atoms. The summed E-state index contributed by atoms with van der Waals surface area (Å²) in [5.74, 6) is 17.4. The van der Waals surface area contributed by atoms with Crippen molar-refractivity contribution in [2.75, 3.05) is 13.2 Å². The number of aryl methyl sites for hydroxylation is 2. The highest BCUT2D eigenvalue weighted by Crippen LogP contribution is 2.36. The molecule has 0 saturated heterocycles. The van der Waals surface area contributed by atoms with E-state index in [1.165, 1.54) is 165 Å². The van der Waals surface area contributed by atoms with Gasteiger partial charge >= 0.3 is 11.9 Å². The molecule has 0 aromatic heterocycles. The predicted octanol–water partition coefficient (Wildman–Crippen LogP) is 19.6. The van der Waals surface area contributed by atoms with E-state index in [0.29, 0.717) is 47.0 Å². The van der Waals surface area contributed by atoms with Crippen LogP contribution in [0.3, 0.4) is 0 Å². The fourth-order valence-electron chi connectivity index (χ4n) is 11.6. The summed E-state index contributed by atoms with van der Waals surface area (Å²) in [6.07, 6.45) is 39.9. The molecular formula is C72H98O6. The molecule has 4 aromatic carbocycles. The van der Waals surface area contributed by atoms with Crippen LogP contribution >= 0.6 is 0 Å². The van der Waals surface area contributed by atoms with E-state index in [9.17, 15) is 9.59 Å². The van der Waals surface area contributed by atoms with E-state index < -0.39 is 11.9 Å². The van der Waals surface area contributed by atoms with Gasteiger partial charge in [0.25, 0.3) is 0 Å². The first kappa shape index (κ1) is 61.7. The van der Waals surface area contributed by atoms with E-state index in [4.69, 9.17) is 18.9 Å². The van der Waals surface area contributed by atoms with E-state index in [-0.39, 0.29) is 0 Å². The maximum atomic E-state index is 13.7. The summed E-state index contributed by atoms with van der Waals surface area (Å²) < 4.78 is 24.2. The van der Waals surface area contributed by atoms with Crippen molar-refractivity contribution in [3.05, 3.63) is 118 Å². The summed E-state index contributed by atoms with van der Waals surface area (Å²) in [5.41, 5.74) is 4.48. The molecule has 6 rings (SSSR count). The Bertz CT molecular complexity index is 2270. The first-order chi connectivity index (χ1) is 38.3. The van der Waals surface area contributed by atoms with Crippen LogP contribution in [0.25, 0.3) is 0 Å². The normalized spacial score (nSPS) is 17.0. The zero-order valence-electron chi connectivity index (χ0n) is 48.9. The highest BCUT2D eigenvalue weighted by Gasteiger charge is 2.23. The Morgan fingerprint density at radius 1 is 0.397 bits per heavy atom. The lowest BCUT2D eigenvalue weighted by atomic mass is 9.77. The van der Waals surface area contributed by atoms with Gasteiger partial charge in [-0.3, -0.25) is 0 Å². The molecule has 2 fully saturated rings. The minimum Gasteiger partial charge on any atom is -0.494 e. The quantitative estimate of drug-likeness (QED) is 0.0201. The Morgan fingerprint density at radius 2 is 0.731 bits per heavy atom. The Morgan fingerprint density at radius 3 is 1.10 bits per heavy atom. The lowest BCUT2D eigenvalue weighted by molar-refractivity contribution is 0.0724. The number of benzene rings is 4. The van der Waals surface area contributed by atoms with Gasteiger partial charge in [-0.25, -0.2) is 9.59 Å². The van der Waals surface area contributed by atoms with Crippen LogP contribution in [0.15, 0.2) is 84.9 Å². The van der Waals surface area contributed by atoms with Crippen LogP contribution in [0.1, 0.15) is 263 Å². The second-order valence-electron chi connectivity index (χ2n) is 23.1. The van der Waals surface area contributed by atoms with Gasteiger partial charge in [-0.2, -0.15) is 0 Å². The summed E-state index contributed by atoms with van der Waals surface area (Å²) in [4.78, 5) is 27.4. The van der Waals surface area contributed by atoms with Gasteiger partial charge in [0.1, 0.15) is 23.0 Å². The average Bonchev–Trinajstić information content (AvgIpc) is 3.47. The molecule has 0 N–H and O–H groups in total. The Kier molecular flexibility index (Phi) is 29.0. The molecule has 0 radical (unpaired) electrons. The van der Waals surface area contributed by atoms with Gasteiger partial charge in [-0.15, -0.1) is 0 Å². The van der Waals surface area contributed by atoms with Gasteiger partial charge < -0.3 is 18.9 Å². The van der Waals surface area contributed by atoms with Gasteiger partial charge in [0.2, 0.25) is 0 Å². The number of carbonyl (C=O) groups excluding carboxylic acids is 2. The van der Waals surface area contributed by atoms with Crippen LogP contribution in [0.4, 0.5) is 0 Å². The molecule has 78 heavy (non-hydrogen) atoms. The molecule has 6 heteroatoms. The van der Waals surface area contributed by atoms with Crippen molar-refractivity contribution in [1.82, 2.24) is 0 Å². The number of esters is 2. The van der Waals surface area contributed by atoms with Gasteiger partial charge in [-0.1, -0.05) is 207 Å². The molecule has 4 aromatic rings. The minimum atomic E-state index is -0.450. The van der Waals surface area contributed by atoms with Crippen molar-refractivity contribution in [1.29, 1.82) is 0 Å². The van der Waals surface area contributed by atoms with Crippen LogP contribution in [-0.2, 0) is 12.8 Å². The molecule has 2 saturated carbocycles. The highest BCUT2D eigenvalue weighted by atomic mass is 16.5. The molecule has 6 nitrogen and oxygen atoms in total. The van der Waals surface area contributed by atoms with Crippen LogP contribution in [-0.4, -0.2) is 25.2 Å². The molecule has 0 heterocycles. The molecule has 0 atom stereocenters. The molecule has 422 valence electrons.